The molecule has 0 bridgehead atoms. The van der Waals surface area contributed by atoms with Crippen LogP contribution >= 0.6 is 0 Å². The molecule has 132 valence electrons. The van der Waals surface area contributed by atoms with Crippen LogP contribution in [0.1, 0.15) is 23.1 Å². The lowest BCUT2D eigenvalue weighted by molar-refractivity contribution is -0.122. The van der Waals surface area contributed by atoms with Crippen molar-refractivity contribution in [3.05, 3.63) is 71.1 Å². The second-order valence-electron chi connectivity index (χ2n) is 7.23. The highest BCUT2D eigenvalue weighted by atomic mass is 16.1. The van der Waals surface area contributed by atoms with Gasteiger partial charge in [0.25, 0.3) is 0 Å². The Labute approximate surface area is 154 Å². The summed E-state index contributed by atoms with van der Waals surface area (Å²) >= 11 is 0. The van der Waals surface area contributed by atoms with Crippen molar-refractivity contribution in [1.29, 1.82) is 0 Å². The van der Waals surface area contributed by atoms with Crippen LogP contribution in [0.15, 0.2) is 59.4 Å². The normalized spacial score (nSPS) is 19.0. The molecule has 0 aromatic heterocycles. The molecule has 0 aliphatic carbocycles. The van der Waals surface area contributed by atoms with E-state index in [0.29, 0.717) is 13.0 Å². The summed E-state index contributed by atoms with van der Waals surface area (Å²) in [5, 5.41) is 0. The number of nitrogens with zero attached hydrogens (tertiary/aromatic N) is 2. The topological polar surface area (TPSA) is 58.7 Å². The summed E-state index contributed by atoms with van der Waals surface area (Å²) in [7, 11) is 0. The quantitative estimate of drug-likeness (QED) is 0.926. The highest BCUT2D eigenvalue weighted by Crippen LogP contribution is 2.29. The Morgan fingerprint density at radius 1 is 1.12 bits per heavy atom. The van der Waals surface area contributed by atoms with E-state index in [0.717, 1.165) is 18.1 Å². The molecule has 0 saturated heterocycles. The standard InChI is InChI=1S/C22H23N3O/c1-14-3-5-16(6-4-14)17-7-9-19(15(2)11-17)20-13-25-12-18(22(23)26)8-10-21(25)24-20/h3-7,9-11,18H,8,12-13H2,1-2H3,(H2,23,26). The molecule has 26 heavy (non-hydrogen) atoms. The number of hydrogen-bond donors (Lipinski definition) is 1. The molecule has 0 saturated carbocycles. The maximum atomic E-state index is 11.5. The van der Waals surface area contributed by atoms with Gasteiger partial charge in [-0.25, -0.2) is 4.99 Å². The number of allylic oxidation sites excluding steroid dienone is 1. The maximum absolute atomic E-state index is 11.5. The Bertz CT molecular complexity index is 925. The average Bonchev–Trinajstić information content (AvgIpc) is 3.05. The van der Waals surface area contributed by atoms with Gasteiger partial charge in [-0.1, -0.05) is 48.0 Å². The smallest absolute Gasteiger partial charge is 0.222 e. The van der Waals surface area contributed by atoms with Gasteiger partial charge in [0, 0.05) is 12.1 Å². The lowest BCUT2D eigenvalue weighted by Gasteiger charge is -2.27. The van der Waals surface area contributed by atoms with Gasteiger partial charge >= 0.3 is 0 Å². The Morgan fingerprint density at radius 3 is 2.54 bits per heavy atom. The number of rotatable bonds is 3. The molecule has 2 N–H and O–H groups in total. The summed E-state index contributed by atoms with van der Waals surface area (Å²) in [6.45, 7) is 5.63. The summed E-state index contributed by atoms with van der Waals surface area (Å²) in [4.78, 5) is 18.4. The second kappa shape index (κ2) is 6.45. The zero-order valence-corrected chi connectivity index (χ0v) is 15.2. The SMILES string of the molecule is Cc1ccc(-c2ccc(C3=NC4=CCC(C(N)=O)CN4C3)c(C)c2)cc1. The van der Waals surface area contributed by atoms with E-state index in [9.17, 15) is 4.79 Å². The Morgan fingerprint density at radius 2 is 1.85 bits per heavy atom. The predicted molar refractivity (Wildman–Crippen MR) is 105 cm³/mol. The lowest BCUT2D eigenvalue weighted by atomic mass is 9.97. The molecule has 2 aliphatic heterocycles. The molecule has 0 spiro atoms. The van der Waals surface area contributed by atoms with Gasteiger partial charge in [0.1, 0.15) is 5.82 Å². The van der Waals surface area contributed by atoms with Crippen molar-refractivity contribution >= 4 is 11.6 Å². The van der Waals surface area contributed by atoms with Crippen molar-refractivity contribution in [1.82, 2.24) is 4.90 Å². The Balaban J connectivity index is 1.58. The van der Waals surface area contributed by atoms with Crippen LogP contribution in [0.3, 0.4) is 0 Å². The molecular formula is C22H23N3O. The van der Waals surface area contributed by atoms with E-state index >= 15 is 0 Å². The monoisotopic (exact) mass is 345 g/mol. The predicted octanol–water partition coefficient (Wildman–Crippen LogP) is 3.42. The Kier molecular flexibility index (Phi) is 4.11. The second-order valence-corrected chi connectivity index (χ2v) is 7.23. The van der Waals surface area contributed by atoms with E-state index in [1.54, 1.807) is 0 Å². The average molecular weight is 345 g/mol. The van der Waals surface area contributed by atoms with E-state index in [-0.39, 0.29) is 11.8 Å². The number of aryl methyl sites for hydroxylation is 2. The summed E-state index contributed by atoms with van der Waals surface area (Å²) in [6.07, 6.45) is 2.71. The number of carbonyl (C=O) groups excluding carboxylic acids is 1. The van der Waals surface area contributed by atoms with E-state index in [1.165, 1.54) is 27.8 Å². The van der Waals surface area contributed by atoms with Gasteiger partial charge in [0.05, 0.1) is 18.2 Å². The highest BCUT2D eigenvalue weighted by molar-refractivity contribution is 6.05. The van der Waals surface area contributed by atoms with Gasteiger partial charge in [-0.05, 0) is 43.0 Å². The molecule has 2 aromatic rings. The molecule has 2 aromatic carbocycles. The third-order valence-corrected chi connectivity index (χ3v) is 5.26. The maximum Gasteiger partial charge on any atom is 0.222 e. The summed E-state index contributed by atoms with van der Waals surface area (Å²) in [5.41, 5.74) is 12.6. The largest absolute Gasteiger partial charge is 0.369 e. The van der Waals surface area contributed by atoms with Gasteiger partial charge in [-0.15, -0.1) is 0 Å². The third kappa shape index (κ3) is 3.03. The van der Waals surface area contributed by atoms with Crippen LogP contribution < -0.4 is 5.73 Å². The molecule has 4 rings (SSSR count). The molecule has 4 heteroatoms. The molecular weight excluding hydrogens is 322 g/mol. The van der Waals surface area contributed by atoms with Gasteiger partial charge in [0.2, 0.25) is 5.91 Å². The van der Waals surface area contributed by atoms with Gasteiger partial charge < -0.3 is 10.6 Å². The van der Waals surface area contributed by atoms with E-state index < -0.39 is 0 Å². The fourth-order valence-corrected chi connectivity index (χ4v) is 3.69. The zero-order valence-electron chi connectivity index (χ0n) is 15.2. The van der Waals surface area contributed by atoms with Crippen molar-refractivity contribution < 1.29 is 4.79 Å². The van der Waals surface area contributed by atoms with Crippen LogP contribution in [0.5, 0.6) is 0 Å². The zero-order chi connectivity index (χ0) is 18.3. The third-order valence-electron chi connectivity index (χ3n) is 5.26. The first kappa shape index (κ1) is 16.6. The molecule has 1 atom stereocenters. The number of amides is 1. The lowest BCUT2D eigenvalue weighted by Crippen LogP contribution is -2.37. The number of primary amides is 1. The van der Waals surface area contributed by atoms with Crippen molar-refractivity contribution in [3.63, 3.8) is 0 Å². The molecule has 1 unspecified atom stereocenters. The van der Waals surface area contributed by atoms with Crippen LogP contribution in [0, 0.1) is 19.8 Å². The summed E-state index contributed by atoms with van der Waals surface area (Å²) in [6, 6.07) is 15.1. The fourth-order valence-electron chi connectivity index (χ4n) is 3.69. The minimum Gasteiger partial charge on any atom is -0.369 e. The van der Waals surface area contributed by atoms with Crippen molar-refractivity contribution in [3.8, 4) is 11.1 Å². The number of nitrogens with two attached hydrogens (primary N) is 1. The number of fused-ring (bicyclic) bond motifs is 1. The van der Waals surface area contributed by atoms with Crippen LogP contribution in [-0.4, -0.2) is 29.6 Å². The number of carbonyl (C=O) groups is 1. The number of hydrogen-bond acceptors (Lipinski definition) is 3. The summed E-state index contributed by atoms with van der Waals surface area (Å²) < 4.78 is 0. The number of aliphatic imine (C=N–C) groups is 1. The van der Waals surface area contributed by atoms with E-state index in [2.05, 4.69) is 61.2 Å². The van der Waals surface area contributed by atoms with Crippen LogP contribution in [0.2, 0.25) is 0 Å². The van der Waals surface area contributed by atoms with Gasteiger partial charge in [-0.3, -0.25) is 4.79 Å². The van der Waals surface area contributed by atoms with Gasteiger partial charge in [0.15, 0.2) is 0 Å². The molecule has 0 fully saturated rings. The van der Waals surface area contributed by atoms with Crippen molar-refractivity contribution in [2.75, 3.05) is 13.1 Å². The molecule has 2 heterocycles. The first-order valence-corrected chi connectivity index (χ1v) is 9.01. The van der Waals surface area contributed by atoms with E-state index in [1.807, 2.05) is 6.08 Å². The summed E-state index contributed by atoms with van der Waals surface area (Å²) in [5.74, 6) is 0.630. The van der Waals surface area contributed by atoms with Crippen LogP contribution in [-0.2, 0) is 4.79 Å². The number of benzene rings is 2. The van der Waals surface area contributed by atoms with E-state index in [4.69, 9.17) is 10.7 Å². The minimum absolute atomic E-state index is 0.113. The first-order valence-electron chi connectivity index (χ1n) is 9.01. The van der Waals surface area contributed by atoms with Crippen molar-refractivity contribution in [2.45, 2.75) is 20.3 Å². The molecule has 4 nitrogen and oxygen atoms in total. The van der Waals surface area contributed by atoms with Crippen LogP contribution in [0.25, 0.3) is 11.1 Å². The molecule has 2 aliphatic rings. The Hall–Kier alpha value is -2.88. The molecule has 0 radical (unpaired) electrons. The minimum atomic E-state index is -0.229. The first-order chi connectivity index (χ1) is 12.5. The van der Waals surface area contributed by atoms with Crippen LogP contribution in [0.4, 0.5) is 0 Å². The van der Waals surface area contributed by atoms with Crippen molar-refractivity contribution in [2.24, 2.45) is 16.6 Å². The molecule has 1 amide bonds. The highest BCUT2D eigenvalue weighted by Gasteiger charge is 2.30. The fraction of sp³-hybridized carbons (Fsp3) is 0.273. The van der Waals surface area contributed by atoms with Gasteiger partial charge in [-0.2, -0.15) is 0 Å².